The molecule has 1 aromatic carbocycles. The number of nitrogens with one attached hydrogen (secondary N) is 2. The predicted molar refractivity (Wildman–Crippen MR) is 133 cm³/mol. The Morgan fingerprint density at radius 1 is 1.11 bits per heavy atom. The molecule has 3 saturated carbocycles. The van der Waals surface area contributed by atoms with E-state index in [2.05, 4.69) is 24.5 Å². The Morgan fingerprint density at radius 2 is 1.83 bits per heavy atom. The summed E-state index contributed by atoms with van der Waals surface area (Å²) in [5.41, 5.74) is 0.192. The molecule has 8 heteroatoms. The van der Waals surface area contributed by atoms with E-state index in [0.29, 0.717) is 38.1 Å². The molecule has 1 aromatic rings. The minimum Gasteiger partial charge on any atom is -0.496 e. The van der Waals surface area contributed by atoms with E-state index >= 15 is 0 Å². The van der Waals surface area contributed by atoms with Gasteiger partial charge in [-0.05, 0) is 68.8 Å². The normalized spacial score (nSPS) is 29.9. The lowest BCUT2D eigenvalue weighted by Gasteiger charge is -2.31. The molecule has 3 fully saturated rings. The highest BCUT2D eigenvalue weighted by molar-refractivity contribution is 5.98. The van der Waals surface area contributed by atoms with Gasteiger partial charge in [0.2, 0.25) is 5.91 Å². The van der Waals surface area contributed by atoms with Gasteiger partial charge in [-0.1, -0.05) is 20.3 Å². The number of hydrogen-bond acceptors (Lipinski definition) is 5. The van der Waals surface area contributed by atoms with Crippen LogP contribution in [0.25, 0.3) is 0 Å². The molecule has 0 heterocycles. The second-order valence-electron chi connectivity index (χ2n) is 10.9. The van der Waals surface area contributed by atoms with Gasteiger partial charge in [-0.2, -0.15) is 0 Å². The molecule has 0 spiro atoms. The number of carbonyl (C=O) groups is 3. The molecule has 5 unspecified atom stereocenters. The van der Waals surface area contributed by atoms with Gasteiger partial charge in [-0.15, -0.1) is 0 Å². The number of carbonyl (C=O) groups excluding carboxylic acids is 3. The molecule has 4 rings (SSSR count). The number of amides is 2. The Labute approximate surface area is 212 Å². The largest absolute Gasteiger partial charge is 0.496 e. The number of halogens is 1. The molecule has 0 aliphatic heterocycles. The Morgan fingerprint density at radius 3 is 2.50 bits per heavy atom. The van der Waals surface area contributed by atoms with E-state index in [1.165, 1.54) is 19.2 Å². The summed E-state index contributed by atoms with van der Waals surface area (Å²) in [5, 5.41) is 6.19. The van der Waals surface area contributed by atoms with Crippen LogP contribution >= 0.6 is 0 Å². The summed E-state index contributed by atoms with van der Waals surface area (Å²) >= 11 is 0. The summed E-state index contributed by atoms with van der Waals surface area (Å²) in [5.74, 6) is -0.141. The molecule has 0 radical (unpaired) electrons. The van der Waals surface area contributed by atoms with Crippen molar-refractivity contribution in [1.82, 2.24) is 10.6 Å². The second kappa shape index (κ2) is 11.6. The first-order valence-electron chi connectivity index (χ1n) is 13.4. The monoisotopic (exact) mass is 502 g/mol. The average Bonchev–Trinajstić information content (AvgIpc) is 3.50. The van der Waals surface area contributed by atoms with Gasteiger partial charge in [0.15, 0.2) is 11.6 Å². The summed E-state index contributed by atoms with van der Waals surface area (Å²) in [6, 6.07) is 2.32. The fourth-order valence-corrected chi connectivity index (χ4v) is 6.14. The van der Waals surface area contributed by atoms with Gasteiger partial charge in [0.25, 0.3) is 5.91 Å². The van der Waals surface area contributed by atoms with Crippen molar-refractivity contribution in [2.24, 2.45) is 29.6 Å². The standard InChI is InChI=1S/C28H39FN2O5/c1-4-16(2)14-30-28(34)25-18-7-8-19(11-18)26(25)31-27(33)21-12-24(22(29)13-23(21)35-3)36-20-9-5-17(15-32)6-10-20/h12-13,15-20,25-26H,4-11,14H2,1-3H3,(H,30,34)(H,31,33). The third-order valence-corrected chi connectivity index (χ3v) is 8.54. The molecule has 36 heavy (non-hydrogen) atoms. The SMILES string of the molecule is CCC(C)CNC(=O)C1C2CCC(C2)C1NC(=O)c1cc(OC2CCC(C=O)CC2)c(F)cc1OC. The van der Waals surface area contributed by atoms with Crippen molar-refractivity contribution in [1.29, 1.82) is 0 Å². The van der Waals surface area contributed by atoms with Crippen LogP contribution in [0.15, 0.2) is 12.1 Å². The van der Waals surface area contributed by atoms with Crippen molar-refractivity contribution in [2.45, 2.75) is 77.4 Å². The first-order chi connectivity index (χ1) is 17.3. The van der Waals surface area contributed by atoms with Gasteiger partial charge in [0, 0.05) is 24.6 Å². The highest BCUT2D eigenvalue weighted by Crippen LogP contribution is 2.49. The summed E-state index contributed by atoms with van der Waals surface area (Å²) in [6.07, 6.45) is 7.43. The molecule has 2 bridgehead atoms. The molecule has 2 amide bonds. The molecule has 0 saturated heterocycles. The quantitative estimate of drug-likeness (QED) is 0.466. The highest BCUT2D eigenvalue weighted by atomic mass is 19.1. The van der Waals surface area contributed by atoms with Crippen LogP contribution in [0.1, 0.15) is 75.6 Å². The van der Waals surface area contributed by atoms with E-state index in [-0.39, 0.29) is 58.8 Å². The van der Waals surface area contributed by atoms with Crippen LogP contribution in [0, 0.1) is 35.4 Å². The number of aldehydes is 1. The first-order valence-corrected chi connectivity index (χ1v) is 13.4. The molecule has 3 aliphatic rings. The maximum absolute atomic E-state index is 14.8. The Kier molecular flexibility index (Phi) is 8.52. The average molecular weight is 503 g/mol. The number of benzene rings is 1. The lowest BCUT2D eigenvalue weighted by Crippen LogP contribution is -2.50. The summed E-state index contributed by atoms with van der Waals surface area (Å²) < 4.78 is 26.1. The maximum atomic E-state index is 14.8. The van der Waals surface area contributed by atoms with E-state index in [1.54, 1.807) is 0 Å². The highest BCUT2D eigenvalue weighted by Gasteiger charge is 2.51. The third kappa shape index (κ3) is 5.68. The van der Waals surface area contributed by atoms with Crippen molar-refractivity contribution >= 4 is 18.1 Å². The lowest BCUT2D eigenvalue weighted by molar-refractivity contribution is -0.127. The second-order valence-corrected chi connectivity index (χ2v) is 10.9. The molecule has 5 atom stereocenters. The molecule has 198 valence electrons. The van der Waals surface area contributed by atoms with Crippen LogP contribution in [-0.4, -0.2) is 43.9 Å². The van der Waals surface area contributed by atoms with E-state index in [9.17, 15) is 18.8 Å². The first kappa shape index (κ1) is 26.4. The van der Waals surface area contributed by atoms with Crippen LogP contribution in [0.4, 0.5) is 4.39 Å². The molecular weight excluding hydrogens is 463 g/mol. The number of hydrogen-bond donors (Lipinski definition) is 2. The van der Waals surface area contributed by atoms with Crippen molar-refractivity contribution < 1.29 is 28.2 Å². The van der Waals surface area contributed by atoms with Crippen molar-refractivity contribution in [3.63, 3.8) is 0 Å². The maximum Gasteiger partial charge on any atom is 0.255 e. The van der Waals surface area contributed by atoms with Crippen LogP contribution in [-0.2, 0) is 9.59 Å². The fraction of sp³-hybridized carbons (Fsp3) is 0.679. The third-order valence-electron chi connectivity index (χ3n) is 8.54. The molecule has 0 aromatic heterocycles. The van der Waals surface area contributed by atoms with Gasteiger partial charge < -0.3 is 24.9 Å². The van der Waals surface area contributed by atoms with E-state index in [1.807, 2.05) is 0 Å². The van der Waals surface area contributed by atoms with Crippen LogP contribution in [0.3, 0.4) is 0 Å². The zero-order chi connectivity index (χ0) is 25.8. The minimum absolute atomic E-state index is 0.00583. The van der Waals surface area contributed by atoms with Crippen molar-refractivity contribution in [3.05, 3.63) is 23.5 Å². The van der Waals surface area contributed by atoms with Gasteiger partial charge in [0.1, 0.15) is 12.0 Å². The fourth-order valence-electron chi connectivity index (χ4n) is 6.14. The number of rotatable bonds is 10. The number of ether oxygens (including phenoxy) is 2. The van der Waals surface area contributed by atoms with E-state index < -0.39 is 11.7 Å². The summed E-state index contributed by atoms with van der Waals surface area (Å²) in [7, 11) is 1.40. The topological polar surface area (TPSA) is 93.7 Å². The van der Waals surface area contributed by atoms with Crippen LogP contribution in [0.5, 0.6) is 11.5 Å². The lowest BCUT2D eigenvalue weighted by atomic mass is 9.83. The summed E-state index contributed by atoms with van der Waals surface area (Å²) in [4.78, 5) is 37.5. The molecule has 7 nitrogen and oxygen atoms in total. The van der Waals surface area contributed by atoms with Crippen molar-refractivity contribution in [3.8, 4) is 11.5 Å². The van der Waals surface area contributed by atoms with E-state index in [4.69, 9.17) is 9.47 Å². The zero-order valence-electron chi connectivity index (χ0n) is 21.6. The van der Waals surface area contributed by atoms with Gasteiger partial charge in [-0.3, -0.25) is 9.59 Å². The predicted octanol–water partition coefficient (Wildman–Crippen LogP) is 4.28. The molecular formula is C28H39FN2O5. The van der Waals surface area contributed by atoms with Gasteiger partial charge in [0.05, 0.1) is 24.7 Å². The molecule has 3 aliphatic carbocycles. The Balaban J connectivity index is 1.48. The zero-order valence-corrected chi connectivity index (χ0v) is 21.6. The van der Waals surface area contributed by atoms with E-state index in [0.717, 1.165) is 32.0 Å². The minimum atomic E-state index is -0.594. The number of methoxy groups -OCH3 is 1. The Bertz CT molecular complexity index is 962. The summed E-state index contributed by atoms with van der Waals surface area (Å²) in [6.45, 7) is 4.83. The smallest absolute Gasteiger partial charge is 0.255 e. The number of fused-ring (bicyclic) bond motifs is 2. The van der Waals surface area contributed by atoms with Gasteiger partial charge in [-0.25, -0.2) is 4.39 Å². The van der Waals surface area contributed by atoms with Gasteiger partial charge >= 0.3 is 0 Å². The Hall–Kier alpha value is -2.64. The van der Waals surface area contributed by atoms with Crippen LogP contribution < -0.4 is 20.1 Å². The van der Waals surface area contributed by atoms with Crippen LogP contribution in [0.2, 0.25) is 0 Å². The van der Waals surface area contributed by atoms with Crippen molar-refractivity contribution in [2.75, 3.05) is 13.7 Å². The molecule has 2 N–H and O–H groups in total.